The van der Waals surface area contributed by atoms with E-state index in [1.807, 2.05) is 32.9 Å². The number of carbonyl (C=O) groups excluding carboxylic acids is 1. The van der Waals surface area contributed by atoms with Gasteiger partial charge in [-0.05, 0) is 32.9 Å². The van der Waals surface area contributed by atoms with Gasteiger partial charge in [-0.3, -0.25) is 4.79 Å². The Balaban J connectivity index is 1.72. The third-order valence-corrected chi connectivity index (χ3v) is 3.44. The molecule has 0 aliphatic rings. The van der Waals surface area contributed by atoms with Crippen molar-refractivity contribution >= 4 is 11.6 Å². The number of oxazole rings is 1. The van der Waals surface area contributed by atoms with Crippen LogP contribution in [0.15, 0.2) is 41.3 Å². The van der Waals surface area contributed by atoms with Crippen LogP contribution in [0.25, 0.3) is 11.3 Å². The topological polar surface area (TPSA) is 85.8 Å². The number of anilines is 1. The van der Waals surface area contributed by atoms with Crippen molar-refractivity contribution in [2.45, 2.75) is 33.2 Å². The van der Waals surface area contributed by atoms with Gasteiger partial charge in [0.15, 0.2) is 5.89 Å². The number of aromatic nitrogens is 4. The molecule has 3 rings (SSSR count). The number of benzene rings is 1. The van der Waals surface area contributed by atoms with Crippen LogP contribution in [0.5, 0.6) is 0 Å². The van der Waals surface area contributed by atoms with E-state index in [1.54, 1.807) is 36.3 Å². The molecule has 0 fully saturated rings. The highest BCUT2D eigenvalue weighted by Gasteiger charge is 2.18. The van der Waals surface area contributed by atoms with Gasteiger partial charge in [-0.2, -0.15) is 0 Å². The molecule has 124 valence electrons. The van der Waals surface area contributed by atoms with Crippen LogP contribution in [0.3, 0.4) is 0 Å². The Labute approximate surface area is 139 Å². The molecule has 0 atom stereocenters. The minimum atomic E-state index is -0.344. The molecule has 7 nitrogen and oxygen atoms in total. The van der Waals surface area contributed by atoms with Crippen LogP contribution in [0.4, 0.5) is 5.69 Å². The van der Waals surface area contributed by atoms with Crippen LogP contribution in [0.2, 0.25) is 0 Å². The van der Waals surface area contributed by atoms with Gasteiger partial charge in [-0.1, -0.05) is 12.1 Å². The third-order valence-electron chi connectivity index (χ3n) is 3.44. The highest BCUT2D eigenvalue weighted by molar-refractivity contribution is 6.01. The Morgan fingerprint density at radius 3 is 2.46 bits per heavy atom. The summed E-state index contributed by atoms with van der Waals surface area (Å²) in [6.07, 6.45) is 3.16. The number of nitrogens with zero attached hydrogens (tertiary/aromatic N) is 4. The number of rotatable bonds is 3. The molecule has 0 aliphatic heterocycles. The van der Waals surface area contributed by atoms with E-state index in [1.165, 1.54) is 0 Å². The first-order valence-corrected chi connectivity index (χ1v) is 7.59. The number of nitrogens with one attached hydrogen (secondary N) is 1. The molecule has 0 bridgehead atoms. The van der Waals surface area contributed by atoms with Gasteiger partial charge in [0, 0.05) is 18.2 Å². The maximum atomic E-state index is 12.2. The van der Waals surface area contributed by atoms with Crippen molar-refractivity contribution in [3.63, 3.8) is 0 Å². The van der Waals surface area contributed by atoms with Crippen LogP contribution in [0.1, 0.15) is 37.3 Å². The quantitative estimate of drug-likeness (QED) is 0.799. The second-order valence-electron chi connectivity index (χ2n) is 6.47. The highest BCUT2D eigenvalue weighted by atomic mass is 16.3. The van der Waals surface area contributed by atoms with Gasteiger partial charge in [0.1, 0.15) is 18.3 Å². The number of aryl methyl sites for hydroxylation is 1. The zero-order valence-electron chi connectivity index (χ0n) is 14.1. The average Bonchev–Trinajstić information content (AvgIpc) is 3.16. The van der Waals surface area contributed by atoms with Crippen LogP contribution >= 0.6 is 0 Å². The summed E-state index contributed by atoms with van der Waals surface area (Å²) in [6.45, 7) is 7.77. The molecule has 0 unspecified atom stereocenters. The first kappa shape index (κ1) is 15.9. The van der Waals surface area contributed by atoms with Crippen molar-refractivity contribution in [2.24, 2.45) is 0 Å². The minimum absolute atomic E-state index is 0.140. The van der Waals surface area contributed by atoms with E-state index in [4.69, 9.17) is 4.42 Å². The van der Waals surface area contributed by atoms with E-state index in [0.29, 0.717) is 11.6 Å². The summed E-state index contributed by atoms with van der Waals surface area (Å²) in [5.74, 6) is 0.409. The van der Waals surface area contributed by atoms with Crippen molar-refractivity contribution in [3.05, 3.63) is 48.6 Å². The smallest absolute Gasteiger partial charge is 0.295 e. The van der Waals surface area contributed by atoms with E-state index < -0.39 is 0 Å². The second-order valence-corrected chi connectivity index (χ2v) is 6.47. The van der Waals surface area contributed by atoms with E-state index >= 15 is 0 Å². The maximum absolute atomic E-state index is 12.2. The van der Waals surface area contributed by atoms with Gasteiger partial charge in [0.25, 0.3) is 5.91 Å². The fraction of sp³-hybridized carbons (Fsp3) is 0.294. The monoisotopic (exact) mass is 325 g/mol. The van der Waals surface area contributed by atoms with E-state index in [-0.39, 0.29) is 17.3 Å². The van der Waals surface area contributed by atoms with Crippen molar-refractivity contribution in [1.29, 1.82) is 0 Å². The van der Waals surface area contributed by atoms with Crippen molar-refractivity contribution in [1.82, 2.24) is 19.7 Å². The number of carbonyl (C=O) groups is 1. The molecule has 0 spiro atoms. The first-order valence-electron chi connectivity index (χ1n) is 7.59. The summed E-state index contributed by atoms with van der Waals surface area (Å²) < 4.78 is 6.87. The largest absolute Gasteiger partial charge is 0.449 e. The molecule has 0 saturated heterocycles. The molecule has 0 saturated carbocycles. The molecule has 0 radical (unpaired) electrons. The highest BCUT2D eigenvalue weighted by Crippen LogP contribution is 2.21. The molecule has 1 N–H and O–H groups in total. The lowest BCUT2D eigenvalue weighted by atomic mass is 10.1. The summed E-state index contributed by atoms with van der Waals surface area (Å²) in [4.78, 5) is 20.6. The van der Waals surface area contributed by atoms with Crippen LogP contribution in [0, 0.1) is 6.92 Å². The van der Waals surface area contributed by atoms with Gasteiger partial charge < -0.3 is 9.73 Å². The van der Waals surface area contributed by atoms with Crippen LogP contribution in [-0.4, -0.2) is 25.7 Å². The standard InChI is InChI=1S/C17H19N5O2/c1-11-19-14(9-24-11)12-5-7-13(8-6-12)20-16(23)15-18-10-22(21-15)17(2,3)4/h5-10H,1-4H3,(H,20,23). The molecule has 0 aliphatic carbocycles. The summed E-state index contributed by atoms with van der Waals surface area (Å²) in [6, 6.07) is 7.35. The maximum Gasteiger partial charge on any atom is 0.295 e. The van der Waals surface area contributed by atoms with Gasteiger partial charge in [0.05, 0.1) is 5.54 Å². The summed E-state index contributed by atoms with van der Waals surface area (Å²) in [5.41, 5.74) is 2.12. The number of hydrogen-bond donors (Lipinski definition) is 1. The molecule has 3 aromatic rings. The molecule has 1 amide bonds. The molecule has 7 heteroatoms. The van der Waals surface area contributed by atoms with E-state index in [0.717, 1.165) is 11.3 Å². The van der Waals surface area contributed by atoms with Gasteiger partial charge >= 0.3 is 0 Å². The van der Waals surface area contributed by atoms with Crippen molar-refractivity contribution < 1.29 is 9.21 Å². The van der Waals surface area contributed by atoms with Crippen molar-refractivity contribution in [2.75, 3.05) is 5.32 Å². The fourth-order valence-electron chi connectivity index (χ4n) is 2.10. The third kappa shape index (κ3) is 3.34. The molecule has 2 heterocycles. The van der Waals surface area contributed by atoms with Gasteiger partial charge in [0.2, 0.25) is 5.82 Å². The minimum Gasteiger partial charge on any atom is -0.449 e. The Kier molecular flexibility index (Phi) is 3.92. The normalized spacial score (nSPS) is 11.5. The lowest BCUT2D eigenvalue weighted by Crippen LogP contribution is -2.23. The Bertz CT molecular complexity index is 856. The van der Waals surface area contributed by atoms with Crippen LogP contribution < -0.4 is 5.32 Å². The zero-order valence-corrected chi connectivity index (χ0v) is 14.1. The predicted octanol–water partition coefficient (Wildman–Crippen LogP) is 3.25. The predicted molar refractivity (Wildman–Crippen MR) is 89.6 cm³/mol. The second kappa shape index (κ2) is 5.92. The number of amides is 1. The Hall–Kier alpha value is -2.96. The average molecular weight is 325 g/mol. The Morgan fingerprint density at radius 2 is 1.92 bits per heavy atom. The van der Waals surface area contributed by atoms with Crippen molar-refractivity contribution in [3.8, 4) is 11.3 Å². The van der Waals surface area contributed by atoms with E-state index in [2.05, 4.69) is 20.4 Å². The summed E-state index contributed by atoms with van der Waals surface area (Å²) in [7, 11) is 0. The van der Waals surface area contributed by atoms with Gasteiger partial charge in [-0.15, -0.1) is 5.10 Å². The summed E-state index contributed by atoms with van der Waals surface area (Å²) >= 11 is 0. The molecule has 2 aromatic heterocycles. The Morgan fingerprint density at radius 1 is 1.21 bits per heavy atom. The fourth-order valence-corrected chi connectivity index (χ4v) is 2.10. The first-order chi connectivity index (χ1) is 11.3. The summed E-state index contributed by atoms with van der Waals surface area (Å²) in [5, 5.41) is 7.00. The van der Waals surface area contributed by atoms with Gasteiger partial charge in [-0.25, -0.2) is 14.6 Å². The van der Waals surface area contributed by atoms with Crippen LogP contribution in [-0.2, 0) is 5.54 Å². The SMILES string of the molecule is Cc1nc(-c2ccc(NC(=O)c3ncn(C(C)(C)C)n3)cc2)co1. The molecule has 1 aromatic carbocycles. The molecule has 24 heavy (non-hydrogen) atoms. The molecular formula is C17H19N5O2. The lowest BCUT2D eigenvalue weighted by molar-refractivity contribution is 0.101. The number of hydrogen-bond acceptors (Lipinski definition) is 5. The molecular weight excluding hydrogens is 306 g/mol. The zero-order chi connectivity index (χ0) is 17.3. The van der Waals surface area contributed by atoms with E-state index in [9.17, 15) is 4.79 Å². The lowest BCUT2D eigenvalue weighted by Gasteiger charge is -2.17.